The van der Waals surface area contributed by atoms with Gasteiger partial charge >= 0.3 is 5.97 Å². The number of hydrogen-bond acceptors (Lipinski definition) is 4. The minimum Gasteiger partial charge on any atom is -0.465 e. The maximum atomic E-state index is 10.9. The van der Waals surface area contributed by atoms with E-state index in [9.17, 15) is 4.79 Å². The van der Waals surface area contributed by atoms with E-state index in [2.05, 4.69) is 4.74 Å². The lowest BCUT2D eigenvalue weighted by Crippen LogP contribution is -1.98. The Kier molecular flexibility index (Phi) is 2.62. The molecule has 0 saturated carbocycles. The van der Waals surface area contributed by atoms with Crippen LogP contribution in [0, 0.1) is 0 Å². The summed E-state index contributed by atoms with van der Waals surface area (Å²) in [4.78, 5) is 11.5. The highest BCUT2D eigenvalue weighted by molar-refractivity contribution is 7.12. The number of nitrogens with two attached hydrogens (primary N) is 1. The normalized spacial score (nSPS) is 9.64. The third kappa shape index (κ3) is 1.78. The molecule has 1 aromatic rings. The van der Waals surface area contributed by atoms with Gasteiger partial charge in [-0.2, -0.15) is 0 Å². The Bertz CT molecular complexity index is 257. The second kappa shape index (κ2) is 3.50. The summed E-state index contributed by atoms with van der Waals surface area (Å²) < 4.78 is 4.52. The van der Waals surface area contributed by atoms with Gasteiger partial charge in [0.25, 0.3) is 0 Å². The zero-order chi connectivity index (χ0) is 8.27. The van der Waals surface area contributed by atoms with E-state index >= 15 is 0 Å². The summed E-state index contributed by atoms with van der Waals surface area (Å²) in [5.74, 6) is -0.297. The van der Waals surface area contributed by atoms with E-state index in [1.54, 1.807) is 6.07 Å². The number of carbonyl (C=O) groups is 1. The molecule has 0 unspecified atom stereocenters. The molecule has 0 aliphatic carbocycles. The molecule has 0 bridgehead atoms. The van der Waals surface area contributed by atoms with Crippen LogP contribution in [0.25, 0.3) is 0 Å². The topological polar surface area (TPSA) is 52.3 Å². The summed E-state index contributed by atoms with van der Waals surface area (Å²) >= 11 is 1.35. The number of rotatable bonds is 2. The first-order valence-electron chi connectivity index (χ1n) is 3.13. The van der Waals surface area contributed by atoms with Gasteiger partial charge in [0.1, 0.15) is 4.88 Å². The Hall–Kier alpha value is -0.870. The summed E-state index contributed by atoms with van der Waals surface area (Å²) in [6.07, 6.45) is 0. The van der Waals surface area contributed by atoms with E-state index < -0.39 is 0 Å². The zero-order valence-corrected chi connectivity index (χ0v) is 6.98. The van der Waals surface area contributed by atoms with Crippen LogP contribution < -0.4 is 5.73 Å². The van der Waals surface area contributed by atoms with Crippen molar-refractivity contribution in [3.8, 4) is 0 Å². The SMILES string of the molecule is COC(=O)c1cc(CN)cs1. The first-order valence-corrected chi connectivity index (χ1v) is 4.01. The zero-order valence-electron chi connectivity index (χ0n) is 6.16. The van der Waals surface area contributed by atoms with Gasteiger partial charge in [-0.05, 0) is 17.0 Å². The second-order valence-corrected chi connectivity index (χ2v) is 2.93. The van der Waals surface area contributed by atoms with Gasteiger partial charge in [-0.3, -0.25) is 0 Å². The number of carbonyl (C=O) groups excluding carboxylic acids is 1. The van der Waals surface area contributed by atoms with E-state index in [1.165, 1.54) is 18.4 Å². The molecule has 0 atom stereocenters. The molecule has 2 N–H and O–H groups in total. The van der Waals surface area contributed by atoms with Crippen LogP contribution in [0.5, 0.6) is 0 Å². The molecule has 0 aliphatic heterocycles. The predicted molar refractivity (Wildman–Crippen MR) is 43.5 cm³/mol. The van der Waals surface area contributed by atoms with Crippen LogP contribution in [0.3, 0.4) is 0 Å². The van der Waals surface area contributed by atoms with Crippen molar-refractivity contribution >= 4 is 17.3 Å². The Morgan fingerprint density at radius 1 is 1.82 bits per heavy atom. The van der Waals surface area contributed by atoms with Crippen LogP contribution in [-0.4, -0.2) is 13.1 Å². The second-order valence-electron chi connectivity index (χ2n) is 2.01. The van der Waals surface area contributed by atoms with Gasteiger partial charge in [0.15, 0.2) is 0 Å². The standard InChI is InChI=1S/C7H9NO2S/c1-10-7(9)6-2-5(3-8)4-11-6/h2,4H,3,8H2,1H3. The van der Waals surface area contributed by atoms with Crippen LogP contribution in [0.15, 0.2) is 11.4 Å². The average Bonchev–Trinajstić information content (AvgIpc) is 2.50. The van der Waals surface area contributed by atoms with Gasteiger partial charge in [-0.15, -0.1) is 11.3 Å². The Balaban J connectivity index is 2.80. The van der Waals surface area contributed by atoms with Gasteiger partial charge in [0.2, 0.25) is 0 Å². The molecule has 1 rings (SSSR count). The van der Waals surface area contributed by atoms with Gasteiger partial charge < -0.3 is 10.5 Å². The monoisotopic (exact) mass is 171 g/mol. The Labute approximate surface area is 68.8 Å². The smallest absolute Gasteiger partial charge is 0.348 e. The van der Waals surface area contributed by atoms with E-state index in [1.807, 2.05) is 5.38 Å². The van der Waals surface area contributed by atoms with Gasteiger partial charge in [-0.25, -0.2) is 4.79 Å². The molecule has 0 radical (unpaired) electrons. The summed E-state index contributed by atoms with van der Waals surface area (Å²) in [6.45, 7) is 0.466. The van der Waals surface area contributed by atoms with Crippen molar-refractivity contribution in [2.75, 3.05) is 7.11 Å². The highest BCUT2D eigenvalue weighted by Gasteiger charge is 2.07. The lowest BCUT2D eigenvalue weighted by atomic mass is 10.3. The van der Waals surface area contributed by atoms with Crippen molar-refractivity contribution < 1.29 is 9.53 Å². The van der Waals surface area contributed by atoms with Crippen LogP contribution in [0.2, 0.25) is 0 Å². The number of ether oxygens (including phenoxy) is 1. The van der Waals surface area contributed by atoms with E-state index in [0.717, 1.165) is 5.56 Å². The molecule has 0 aromatic carbocycles. The predicted octanol–water partition coefficient (Wildman–Crippen LogP) is 0.993. The number of methoxy groups -OCH3 is 1. The molecule has 3 nitrogen and oxygen atoms in total. The van der Waals surface area contributed by atoms with Crippen molar-refractivity contribution in [3.05, 3.63) is 21.9 Å². The summed E-state index contributed by atoms with van der Waals surface area (Å²) in [5.41, 5.74) is 6.33. The first kappa shape index (κ1) is 8.23. The van der Waals surface area contributed by atoms with Gasteiger partial charge in [0, 0.05) is 6.54 Å². The van der Waals surface area contributed by atoms with Crippen LogP contribution in [0.4, 0.5) is 0 Å². The van der Waals surface area contributed by atoms with Gasteiger partial charge in [0.05, 0.1) is 7.11 Å². The summed E-state index contributed by atoms with van der Waals surface area (Å²) in [5, 5.41) is 1.85. The van der Waals surface area contributed by atoms with Crippen molar-refractivity contribution in [2.24, 2.45) is 5.73 Å². The van der Waals surface area contributed by atoms with Crippen LogP contribution in [-0.2, 0) is 11.3 Å². The summed E-state index contributed by atoms with van der Waals surface area (Å²) in [7, 11) is 1.37. The van der Waals surface area contributed by atoms with Crippen LogP contribution in [0.1, 0.15) is 15.2 Å². The number of hydrogen-bond donors (Lipinski definition) is 1. The fourth-order valence-electron chi connectivity index (χ4n) is 0.690. The Morgan fingerprint density at radius 3 is 3.00 bits per heavy atom. The largest absolute Gasteiger partial charge is 0.465 e. The molecule has 4 heteroatoms. The third-order valence-corrected chi connectivity index (χ3v) is 2.24. The summed E-state index contributed by atoms with van der Waals surface area (Å²) in [6, 6.07) is 1.75. The highest BCUT2D eigenvalue weighted by Crippen LogP contribution is 2.14. The van der Waals surface area contributed by atoms with Crippen molar-refractivity contribution in [1.82, 2.24) is 0 Å². The molecule has 0 spiro atoms. The lowest BCUT2D eigenvalue weighted by Gasteiger charge is -1.91. The highest BCUT2D eigenvalue weighted by atomic mass is 32.1. The number of esters is 1. The maximum absolute atomic E-state index is 10.9. The molecule has 60 valence electrons. The van der Waals surface area contributed by atoms with Crippen molar-refractivity contribution in [3.63, 3.8) is 0 Å². The van der Waals surface area contributed by atoms with E-state index in [-0.39, 0.29) is 5.97 Å². The molecule has 11 heavy (non-hydrogen) atoms. The van der Waals surface area contributed by atoms with E-state index in [0.29, 0.717) is 11.4 Å². The van der Waals surface area contributed by atoms with Crippen LogP contribution >= 0.6 is 11.3 Å². The van der Waals surface area contributed by atoms with Gasteiger partial charge in [-0.1, -0.05) is 0 Å². The van der Waals surface area contributed by atoms with Crippen molar-refractivity contribution in [2.45, 2.75) is 6.54 Å². The lowest BCUT2D eigenvalue weighted by molar-refractivity contribution is 0.0606. The molecule has 0 fully saturated rings. The van der Waals surface area contributed by atoms with E-state index in [4.69, 9.17) is 5.73 Å². The fourth-order valence-corrected chi connectivity index (χ4v) is 1.53. The quantitative estimate of drug-likeness (QED) is 0.675. The molecule has 0 aliphatic rings. The average molecular weight is 171 g/mol. The Morgan fingerprint density at radius 2 is 2.55 bits per heavy atom. The minimum atomic E-state index is -0.297. The first-order chi connectivity index (χ1) is 5.27. The minimum absolute atomic E-state index is 0.297. The molecule has 1 aromatic heterocycles. The molecular formula is C7H9NO2S. The number of thiophene rings is 1. The molecule has 0 saturated heterocycles. The fraction of sp³-hybridized carbons (Fsp3) is 0.286. The maximum Gasteiger partial charge on any atom is 0.348 e. The molecule has 1 heterocycles. The third-order valence-electron chi connectivity index (χ3n) is 1.28. The van der Waals surface area contributed by atoms with Crippen molar-refractivity contribution in [1.29, 1.82) is 0 Å². The molecular weight excluding hydrogens is 162 g/mol. The molecule has 0 amide bonds.